The second-order valence-electron chi connectivity index (χ2n) is 5.05. The molecule has 0 unspecified atom stereocenters. The van der Waals surface area contributed by atoms with Crippen LogP contribution in [0.2, 0.25) is 0 Å². The van der Waals surface area contributed by atoms with E-state index in [0.29, 0.717) is 5.56 Å². The molecule has 0 radical (unpaired) electrons. The number of para-hydroxylation sites is 1. The van der Waals surface area contributed by atoms with Gasteiger partial charge in [0, 0.05) is 7.05 Å². The molecule has 9 nitrogen and oxygen atoms in total. The number of phenolic OH excluding ortho intramolecular Hbond substituents is 1. The van der Waals surface area contributed by atoms with Crippen molar-refractivity contribution in [2.24, 2.45) is 7.05 Å². The Balaban J connectivity index is 2.22. The summed E-state index contributed by atoms with van der Waals surface area (Å²) in [6.45, 7) is 0.833. The molecule has 0 aliphatic heterocycles. The number of nitrogens with one attached hydrogen (secondary N) is 1. The molecule has 0 amide bonds. The number of benzene rings is 1. The van der Waals surface area contributed by atoms with Gasteiger partial charge in [-0.2, -0.15) is 0 Å². The van der Waals surface area contributed by atoms with E-state index in [9.17, 15) is 24.3 Å². The fourth-order valence-electron chi connectivity index (χ4n) is 2.01. The van der Waals surface area contributed by atoms with E-state index >= 15 is 0 Å². The van der Waals surface area contributed by atoms with Crippen molar-refractivity contribution in [3.8, 4) is 5.75 Å². The lowest BCUT2D eigenvalue weighted by Crippen LogP contribution is -2.35. The number of carbonyl (C=O) groups excluding carboxylic acids is 2. The number of ketones is 1. The second-order valence-corrected chi connectivity index (χ2v) is 5.05. The van der Waals surface area contributed by atoms with Crippen LogP contribution in [-0.2, 0) is 11.8 Å². The van der Waals surface area contributed by atoms with Crippen molar-refractivity contribution in [1.29, 1.82) is 0 Å². The van der Waals surface area contributed by atoms with Crippen LogP contribution in [0.5, 0.6) is 5.75 Å². The fraction of sp³-hybridized carbons (Fsp3) is 0.200. The Morgan fingerprint density at radius 3 is 2.67 bits per heavy atom. The average Bonchev–Trinajstić information content (AvgIpc) is 2.53. The number of aromatic nitrogens is 2. The van der Waals surface area contributed by atoms with E-state index < -0.39 is 35.2 Å². The summed E-state index contributed by atoms with van der Waals surface area (Å²) in [6, 6.07) is 4.48. The molecule has 2 rings (SSSR count). The van der Waals surface area contributed by atoms with Crippen molar-refractivity contribution in [3.05, 3.63) is 55.7 Å². The van der Waals surface area contributed by atoms with Crippen molar-refractivity contribution < 1.29 is 19.4 Å². The molecule has 1 heterocycles. The van der Waals surface area contributed by atoms with Crippen LogP contribution >= 0.6 is 0 Å². The Kier molecular flexibility index (Phi) is 4.54. The zero-order valence-corrected chi connectivity index (χ0v) is 13.0. The second kappa shape index (κ2) is 6.41. The number of hydrogen-bond acceptors (Lipinski definition) is 7. The molecule has 0 aliphatic carbocycles. The van der Waals surface area contributed by atoms with Gasteiger partial charge < -0.3 is 15.6 Å². The number of carbonyl (C=O) groups is 2. The van der Waals surface area contributed by atoms with Gasteiger partial charge in [0.25, 0.3) is 5.56 Å². The first-order chi connectivity index (χ1) is 11.2. The number of nitrogens with zero attached hydrogens (tertiary/aromatic N) is 1. The molecule has 1 aromatic carbocycles. The van der Waals surface area contributed by atoms with E-state index in [1.807, 2.05) is 4.98 Å². The van der Waals surface area contributed by atoms with Gasteiger partial charge >= 0.3 is 11.7 Å². The Labute approximate surface area is 135 Å². The number of aryl methyl sites for hydroxylation is 1. The van der Waals surface area contributed by atoms with Crippen LogP contribution < -0.4 is 17.0 Å². The lowest BCUT2D eigenvalue weighted by atomic mass is 10.1. The van der Waals surface area contributed by atoms with Gasteiger partial charge in [0.1, 0.15) is 22.7 Å². The van der Waals surface area contributed by atoms with E-state index in [0.717, 1.165) is 4.57 Å². The maximum absolute atomic E-state index is 12.1. The molecule has 4 N–H and O–H groups in total. The third-order valence-corrected chi connectivity index (χ3v) is 3.44. The third-order valence-electron chi connectivity index (χ3n) is 3.44. The van der Waals surface area contributed by atoms with Crippen molar-refractivity contribution in [2.75, 3.05) is 12.3 Å². The number of hydrogen-bond donors (Lipinski definition) is 3. The third kappa shape index (κ3) is 3.05. The maximum Gasteiger partial charge on any atom is 0.342 e. The molecule has 0 aliphatic rings. The van der Waals surface area contributed by atoms with Gasteiger partial charge in [-0.1, -0.05) is 12.1 Å². The highest BCUT2D eigenvalue weighted by molar-refractivity contribution is 6.02. The minimum atomic E-state index is -0.963. The van der Waals surface area contributed by atoms with Crippen LogP contribution in [0.15, 0.2) is 27.8 Å². The molecule has 0 spiro atoms. The zero-order valence-electron chi connectivity index (χ0n) is 13.0. The summed E-state index contributed by atoms with van der Waals surface area (Å²) >= 11 is 0. The molecule has 0 atom stereocenters. The first kappa shape index (κ1) is 17.0. The summed E-state index contributed by atoms with van der Waals surface area (Å²) in [5.74, 6) is -2.38. The topological polar surface area (TPSA) is 144 Å². The lowest BCUT2D eigenvalue weighted by molar-refractivity contribution is 0.0471. The number of rotatable bonds is 4. The van der Waals surface area contributed by atoms with E-state index in [4.69, 9.17) is 10.5 Å². The summed E-state index contributed by atoms with van der Waals surface area (Å²) in [5, 5.41) is 9.81. The summed E-state index contributed by atoms with van der Waals surface area (Å²) < 4.78 is 5.71. The summed E-state index contributed by atoms with van der Waals surface area (Å²) in [4.78, 5) is 49.0. The molecule has 1 aromatic heterocycles. The molecular weight excluding hydrogens is 318 g/mol. The Morgan fingerprint density at radius 1 is 1.33 bits per heavy atom. The summed E-state index contributed by atoms with van der Waals surface area (Å²) in [7, 11) is 1.28. The van der Waals surface area contributed by atoms with Gasteiger partial charge in [-0.3, -0.25) is 19.1 Å². The number of aromatic hydroxyl groups is 1. The number of esters is 1. The minimum Gasteiger partial charge on any atom is -0.507 e. The largest absolute Gasteiger partial charge is 0.507 e. The standard InChI is InChI=1S/C15H15N3O6/c1-7-4-3-5-8(11(7)20)14(22)24-6-9(19)10-12(16)18(2)15(23)17-13(10)21/h3-5,20H,6,16H2,1-2H3,(H,17,21,23). The van der Waals surface area contributed by atoms with E-state index in [-0.39, 0.29) is 17.1 Å². The fourth-order valence-corrected chi connectivity index (χ4v) is 2.01. The quantitative estimate of drug-likeness (QED) is 0.515. The molecule has 0 fully saturated rings. The van der Waals surface area contributed by atoms with Crippen molar-refractivity contribution in [2.45, 2.75) is 6.92 Å². The zero-order chi connectivity index (χ0) is 18.0. The van der Waals surface area contributed by atoms with Crippen molar-refractivity contribution in [1.82, 2.24) is 9.55 Å². The minimum absolute atomic E-state index is 0.106. The van der Waals surface area contributed by atoms with Gasteiger partial charge in [0.15, 0.2) is 6.61 Å². The molecule has 24 heavy (non-hydrogen) atoms. The molecular formula is C15H15N3O6. The number of H-pyrrole nitrogens is 1. The van der Waals surface area contributed by atoms with Gasteiger partial charge in [-0.15, -0.1) is 0 Å². The molecule has 0 saturated carbocycles. The van der Waals surface area contributed by atoms with Crippen LogP contribution in [-0.4, -0.2) is 33.0 Å². The van der Waals surface area contributed by atoms with Crippen molar-refractivity contribution >= 4 is 17.6 Å². The van der Waals surface area contributed by atoms with Crippen LogP contribution in [0.1, 0.15) is 26.3 Å². The lowest BCUT2D eigenvalue weighted by Gasteiger charge is -2.09. The van der Waals surface area contributed by atoms with Crippen LogP contribution in [0.25, 0.3) is 0 Å². The van der Waals surface area contributed by atoms with Crippen molar-refractivity contribution in [3.63, 3.8) is 0 Å². The van der Waals surface area contributed by atoms with Crippen LogP contribution in [0.4, 0.5) is 5.82 Å². The molecule has 0 saturated heterocycles. The number of Topliss-reactive ketones (excluding diaryl/α,β-unsaturated/α-hetero) is 1. The molecule has 126 valence electrons. The van der Waals surface area contributed by atoms with E-state index in [2.05, 4.69) is 0 Å². The van der Waals surface area contributed by atoms with Crippen LogP contribution in [0.3, 0.4) is 0 Å². The Hall–Kier alpha value is -3.36. The van der Waals surface area contributed by atoms with E-state index in [1.54, 1.807) is 19.1 Å². The predicted molar refractivity (Wildman–Crippen MR) is 84.2 cm³/mol. The normalized spacial score (nSPS) is 10.4. The Bertz CT molecular complexity index is 941. The summed E-state index contributed by atoms with van der Waals surface area (Å²) in [5.41, 5.74) is 3.74. The summed E-state index contributed by atoms with van der Waals surface area (Å²) in [6.07, 6.45) is 0. The molecule has 0 bridgehead atoms. The number of anilines is 1. The van der Waals surface area contributed by atoms with Gasteiger partial charge in [-0.25, -0.2) is 9.59 Å². The Morgan fingerprint density at radius 2 is 2.00 bits per heavy atom. The number of nitrogens with two attached hydrogens (primary N) is 1. The smallest absolute Gasteiger partial charge is 0.342 e. The monoisotopic (exact) mass is 333 g/mol. The first-order valence-corrected chi connectivity index (χ1v) is 6.81. The van der Waals surface area contributed by atoms with Gasteiger partial charge in [0.05, 0.1) is 0 Å². The highest BCUT2D eigenvalue weighted by Crippen LogP contribution is 2.22. The number of nitrogen functional groups attached to an aromatic ring is 1. The average molecular weight is 333 g/mol. The van der Waals surface area contributed by atoms with Gasteiger partial charge in [-0.05, 0) is 18.6 Å². The number of ether oxygens (including phenoxy) is 1. The highest BCUT2D eigenvalue weighted by Gasteiger charge is 2.21. The van der Waals surface area contributed by atoms with E-state index in [1.165, 1.54) is 13.1 Å². The number of phenols is 1. The van der Waals surface area contributed by atoms with Gasteiger partial charge in [0.2, 0.25) is 5.78 Å². The SMILES string of the molecule is Cc1cccc(C(=O)OCC(=O)c2c(N)n(C)c(=O)[nH]c2=O)c1O. The highest BCUT2D eigenvalue weighted by atomic mass is 16.5. The number of aromatic amines is 1. The van der Waals surface area contributed by atoms with Crippen LogP contribution in [0, 0.1) is 6.92 Å². The molecule has 9 heteroatoms. The maximum atomic E-state index is 12.1. The predicted octanol–water partition coefficient (Wildman–Crippen LogP) is -0.290. The molecule has 2 aromatic rings. The first-order valence-electron chi connectivity index (χ1n) is 6.81.